The van der Waals surface area contributed by atoms with Crippen molar-refractivity contribution in [3.63, 3.8) is 0 Å². The van der Waals surface area contributed by atoms with Crippen molar-refractivity contribution in [1.82, 2.24) is 4.98 Å². The summed E-state index contributed by atoms with van der Waals surface area (Å²) in [7, 11) is 0. The highest BCUT2D eigenvalue weighted by atomic mass is 16.4. The molecule has 4 nitrogen and oxygen atoms in total. The molecule has 1 heterocycles. The monoisotopic (exact) mass is 207 g/mol. The van der Waals surface area contributed by atoms with Crippen LogP contribution in [0.15, 0.2) is 24.5 Å². The van der Waals surface area contributed by atoms with Gasteiger partial charge in [-0.25, -0.2) is 0 Å². The number of rotatable bonds is 4. The van der Waals surface area contributed by atoms with E-state index in [-0.39, 0.29) is 11.7 Å². The fraction of sp³-hybridized carbons (Fsp3) is 0.364. The van der Waals surface area contributed by atoms with Crippen LogP contribution in [0.4, 0.5) is 0 Å². The number of pyridine rings is 1. The molecule has 0 fully saturated rings. The van der Waals surface area contributed by atoms with E-state index in [2.05, 4.69) is 4.98 Å². The highest BCUT2D eigenvalue weighted by Gasteiger charge is 2.30. The highest BCUT2D eigenvalue weighted by Crippen LogP contribution is 2.17. The molecule has 1 aromatic rings. The molecule has 0 aliphatic rings. The summed E-state index contributed by atoms with van der Waals surface area (Å²) in [4.78, 5) is 26.5. The van der Waals surface area contributed by atoms with Gasteiger partial charge in [0.2, 0.25) is 0 Å². The first-order valence-corrected chi connectivity index (χ1v) is 4.71. The first kappa shape index (κ1) is 11.4. The van der Waals surface area contributed by atoms with Gasteiger partial charge in [-0.2, -0.15) is 0 Å². The lowest BCUT2D eigenvalue weighted by atomic mass is 9.88. The van der Waals surface area contributed by atoms with Gasteiger partial charge in [-0.05, 0) is 18.1 Å². The van der Waals surface area contributed by atoms with Crippen LogP contribution in [0.1, 0.15) is 24.2 Å². The van der Waals surface area contributed by atoms with Crippen LogP contribution in [0, 0.1) is 11.8 Å². The number of aliphatic carboxylic acids is 1. The fourth-order valence-corrected chi connectivity index (χ4v) is 1.40. The molecule has 0 spiro atoms. The van der Waals surface area contributed by atoms with Gasteiger partial charge in [0.05, 0.1) is 0 Å². The predicted octanol–water partition coefficient (Wildman–Crippen LogP) is 1.62. The molecule has 1 N–H and O–H groups in total. The molecule has 0 aliphatic carbocycles. The average Bonchev–Trinajstić information content (AvgIpc) is 2.18. The van der Waals surface area contributed by atoms with Crippen molar-refractivity contribution in [2.45, 2.75) is 13.8 Å². The van der Waals surface area contributed by atoms with Crippen LogP contribution >= 0.6 is 0 Å². The number of nitrogens with zero attached hydrogens (tertiary/aromatic N) is 1. The number of carboxylic acids is 1. The molecule has 1 rings (SSSR count). The molecule has 80 valence electrons. The van der Waals surface area contributed by atoms with E-state index in [4.69, 9.17) is 5.11 Å². The second kappa shape index (κ2) is 4.68. The number of ketones is 1. The van der Waals surface area contributed by atoms with E-state index in [0.717, 1.165) is 0 Å². The lowest BCUT2D eigenvalue weighted by molar-refractivity contribution is -0.141. The number of hydrogen-bond donors (Lipinski definition) is 1. The van der Waals surface area contributed by atoms with Gasteiger partial charge in [0.1, 0.15) is 5.92 Å². The van der Waals surface area contributed by atoms with E-state index >= 15 is 0 Å². The van der Waals surface area contributed by atoms with Gasteiger partial charge in [0.25, 0.3) is 0 Å². The number of carbonyl (C=O) groups is 2. The van der Waals surface area contributed by atoms with Gasteiger partial charge < -0.3 is 5.11 Å². The van der Waals surface area contributed by atoms with Gasteiger partial charge >= 0.3 is 5.97 Å². The summed E-state index contributed by atoms with van der Waals surface area (Å²) >= 11 is 0. The molecule has 0 amide bonds. The summed E-state index contributed by atoms with van der Waals surface area (Å²) < 4.78 is 0. The lowest BCUT2D eigenvalue weighted by Crippen LogP contribution is -2.28. The molecular weight excluding hydrogens is 194 g/mol. The van der Waals surface area contributed by atoms with Crippen molar-refractivity contribution >= 4 is 11.8 Å². The zero-order valence-corrected chi connectivity index (χ0v) is 8.68. The van der Waals surface area contributed by atoms with Gasteiger partial charge in [0.15, 0.2) is 5.78 Å². The molecule has 4 heteroatoms. The Labute approximate surface area is 88.0 Å². The Bertz CT molecular complexity index is 359. The maximum atomic E-state index is 11.8. The minimum absolute atomic E-state index is 0.219. The quantitative estimate of drug-likeness (QED) is 0.601. The number of hydrogen-bond acceptors (Lipinski definition) is 3. The molecule has 0 aliphatic heterocycles. The second-order valence-corrected chi connectivity index (χ2v) is 3.66. The molecule has 1 atom stereocenters. The molecule has 0 saturated heterocycles. The molecular formula is C11H13NO3. The van der Waals surface area contributed by atoms with Crippen molar-refractivity contribution in [3.8, 4) is 0 Å². The zero-order chi connectivity index (χ0) is 11.4. The first-order chi connectivity index (χ1) is 7.04. The van der Waals surface area contributed by atoms with Crippen molar-refractivity contribution in [1.29, 1.82) is 0 Å². The Kier molecular flexibility index (Phi) is 3.55. The Balaban J connectivity index is 2.97. The van der Waals surface area contributed by atoms with Crippen LogP contribution in [-0.2, 0) is 4.79 Å². The fourth-order valence-electron chi connectivity index (χ4n) is 1.40. The van der Waals surface area contributed by atoms with Crippen LogP contribution in [-0.4, -0.2) is 21.8 Å². The Morgan fingerprint density at radius 3 is 2.20 bits per heavy atom. The molecule has 1 aromatic heterocycles. The van der Waals surface area contributed by atoms with E-state index in [1.54, 1.807) is 13.8 Å². The smallest absolute Gasteiger partial charge is 0.314 e. The third kappa shape index (κ3) is 2.62. The number of Topliss-reactive ketones (excluding diaryl/α,β-unsaturated/α-hetero) is 1. The summed E-state index contributed by atoms with van der Waals surface area (Å²) in [5.74, 6) is -2.64. The molecule has 0 bridgehead atoms. The summed E-state index contributed by atoms with van der Waals surface area (Å²) in [6, 6.07) is 3.06. The largest absolute Gasteiger partial charge is 0.481 e. The maximum absolute atomic E-state index is 11.8. The highest BCUT2D eigenvalue weighted by molar-refractivity contribution is 6.08. The van der Waals surface area contributed by atoms with Crippen molar-refractivity contribution in [2.75, 3.05) is 0 Å². The summed E-state index contributed by atoms with van der Waals surface area (Å²) in [5.41, 5.74) is 0.395. The van der Waals surface area contributed by atoms with Crippen LogP contribution in [0.2, 0.25) is 0 Å². The van der Waals surface area contributed by atoms with Crippen LogP contribution in [0.3, 0.4) is 0 Å². The zero-order valence-electron chi connectivity index (χ0n) is 8.68. The predicted molar refractivity (Wildman–Crippen MR) is 54.5 cm³/mol. The molecule has 0 saturated carbocycles. The maximum Gasteiger partial charge on any atom is 0.314 e. The Morgan fingerprint density at radius 1 is 1.27 bits per heavy atom. The summed E-state index contributed by atoms with van der Waals surface area (Å²) in [5, 5.41) is 8.94. The summed E-state index contributed by atoms with van der Waals surface area (Å²) in [6.07, 6.45) is 2.96. The third-order valence-corrected chi connectivity index (χ3v) is 2.18. The van der Waals surface area contributed by atoms with E-state index in [1.807, 2.05) is 0 Å². The number of carboxylic acid groups (broad SMARTS) is 1. The third-order valence-electron chi connectivity index (χ3n) is 2.18. The standard InChI is InChI=1S/C11H13NO3/c1-7(2)9(11(14)15)10(13)8-3-5-12-6-4-8/h3-7,9H,1-2H3,(H,14,15). The van der Waals surface area contributed by atoms with Crippen molar-refractivity contribution < 1.29 is 14.7 Å². The Hall–Kier alpha value is -1.71. The van der Waals surface area contributed by atoms with Gasteiger partial charge in [0, 0.05) is 18.0 Å². The van der Waals surface area contributed by atoms with E-state index in [1.165, 1.54) is 24.5 Å². The molecule has 1 unspecified atom stereocenters. The number of aromatic nitrogens is 1. The van der Waals surface area contributed by atoms with Gasteiger partial charge in [-0.15, -0.1) is 0 Å². The van der Waals surface area contributed by atoms with Crippen LogP contribution in [0.5, 0.6) is 0 Å². The van der Waals surface area contributed by atoms with Gasteiger partial charge in [-0.3, -0.25) is 14.6 Å². The van der Waals surface area contributed by atoms with Gasteiger partial charge in [-0.1, -0.05) is 13.8 Å². The minimum atomic E-state index is -1.08. The summed E-state index contributed by atoms with van der Waals surface area (Å²) in [6.45, 7) is 3.44. The van der Waals surface area contributed by atoms with Crippen LogP contribution < -0.4 is 0 Å². The molecule has 0 aromatic carbocycles. The van der Waals surface area contributed by atoms with Crippen molar-refractivity contribution in [2.24, 2.45) is 11.8 Å². The normalized spacial score (nSPS) is 12.5. The average molecular weight is 207 g/mol. The first-order valence-electron chi connectivity index (χ1n) is 4.71. The van der Waals surface area contributed by atoms with Crippen LogP contribution in [0.25, 0.3) is 0 Å². The SMILES string of the molecule is CC(C)C(C(=O)O)C(=O)c1ccncc1. The Morgan fingerprint density at radius 2 is 1.80 bits per heavy atom. The van der Waals surface area contributed by atoms with Crippen molar-refractivity contribution in [3.05, 3.63) is 30.1 Å². The lowest BCUT2D eigenvalue weighted by Gasteiger charge is -2.14. The molecule has 15 heavy (non-hydrogen) atoms. The van der Waals surface area contributed by atoms with E-state index < -0.39 is 11.9 Å². The van der Waals surface area contributed by atoms with E-state index in [9.17, 15) is 9.59 Å². The number of carbonyl (C=O) groups excluding carboxylic acids is 1. The topological polar surface area (TPSA) is 67.3 Å². The molecule has 0 radical (unpaired) electrons. The minimum Gasteiger partial charge on any atom is -0.481 e. The van der Waals surface area contributed by atoms with E-state index in [0.29, 0.717) is 5.56 Å². The second-order valence-electron chi connectivity index (χ2n) is 3.66.